The van der Waals surface area contributed by atoms with Gasteiger partial charge in [0, 0.05) is 26.2 Å². The van der Waals surface area contributed by atoms with E-state index in [0.717, 1.165) is 25.2 Å². The van der Waals surface area contributed by atoms with Crippen LogP contribution in [0.5, 0.6) is 0 Å². The Balaban J connectivity index is 1.87. The molecule has 0 saturated heterocycles. The Kier molecular flexibility index (Phi) is 6.40. The number of hydrogen-bond acceptors (Lipinski definition) is 3. The summed E-state index contributed by atoms with van der Waals surface area (Å²) in [6.45, 7) is 4.54. The van der Waals surface area contributed by atoms with E-state index in [1.807, 2.05) is 13.8 Å². The number of carbonyl (C=O) groups is 2. The molecule has 0 spiro atoms. The number of carbonyl (C=O) groups excluding carboxylic acids is 2. The molecule has 2 rings (SSSR count). The van der Waals surface area contributed by atoms with Crippen LogP contribution in [-0.4, -0.2) is 33.7 Å². The maximum Gasteiger partial charge on any atom is 0.270 e. The van der Waals surface area contributed by atoms with Gasteiger partial charge in [0.25, 0.3) is 5.91 Å². The van der Waals surface area contributed by atoms with Crippen LogP contribution in [0.1, 0.15) is 69.3 Å². The second kappa shape index (κ2) is 8.31. The summed E-state index contributed by atoms with van der Waals surface area (Å²) < 4.78 is 1.56. The van der Waals surface area contributed by atoms with E-state index in [0.29, 0.717) is 18.7 Å². The van der Waals surface area contributed by atoms with Gasteiger partial charge in [-0.25, -0.2) is 0 Å². The second-order valence-corrected chi connectivity index (χ2v) is 6.89. The molecule has 0 radical (unpaired) electrons. The van der Waals surface area contributed by atoms with Gasteiger partial charge >= 0.3 is 0 Å². The van der Waals surface area contributed by atoms with Gasteiger partial charge < -0.3 is 10.6 Å². The Bertz CT molecular complexity index is 559. The van der Waals surface area contributed by atoms with Crippen molar-refractivity contribution in [1.29, 1.82) is 0 Å². The van der Waals surface area contributed by atoms with E-state index in [-0.39, 0.29) is 11.8 Å². The molecule has 0 bridgehead atoms. The highest BCUT2D eigenvalue weighted by molar-refractivity contribution is 5.93. The van der Waals surface area contributed by atoms with Crippen LogP contribution in [0.15, 0.2) is 12.3 Å². The molecule has 2 amide bonds. The molecule has 2 N–H and O–H groups in total. The van der Waals surface area contributed by atoms with Gasteiger partial charge in [-0.1, -0.05) is 33.1 Å². The summed E-state index contributed by atoms with van der Waals surface area (Å²) >= 11 is 0. The molecule has 0 aromatic carbocycles. The molecular weight excluding hydrogens is 304 g/mol. The largest absolute Gasteiger partial charge is 0.354 e. The highest BCUT2D eigenvalue weighted by Crippen LogP contribution is 2.30. The highest BCUT2D eigenvalue weighted by atomic mass is 16.2. The number of nitrogens with zero attached hydrogens (tertiary/aromatic N) is 2. The van der Waals surface area contributed by atoms with Crippen molar-refractivity contribution in [2.24, 2.45) is 13.0 Å². The smallest absolute Gasteiger partial charge is 0.270 e. The predicted octanol–water partition coefficient (Wildman–Crippen LogP) is 2.41. The van der Waals surface area contributed by atoms with Gasteiger partial charge in [0.15, 0.2) is 0 Å². The lowest BCUT2D eigenvalue weighted by atomic mass is 9.82. The first-order chi connectivity index (χ1) is 11.5. The summed E-state index contributed by atoms with van der Waals surface area (Å²) in [7, 11) is 1.75. The number of amides is 2. The van der Waals surface area contributed by atoms with Crippen LogP contribution in [0.4, 0.5) is 0 Å². The van der Waals surface area contributed by atoms with Gasteiger partial charge in [0.05, 0.1) is 5.54 Å². The molecule has 1 aliphatic rings. The summed E-state index contributed by atoms with van der Waals surface area (Å²) in [6, 6.07) is 1.70. The third-order valence-corrected chi connectivity index (χ3v) is 5.41. The minimum Gasteiger partial charge on any atom is -0.354 e. The molecule has 1 aromatic heterocycles. The molecule has 1 heterocycles. The summed E-state index contributed by atoms with van der Waals surface area (Å²) in [6.07, 6.45) is 8.54. The van der Waals surface area contributed by atoms with E-state index in [4.69, 9.17) is 0 Å². The van der Waals surface area contributed by atoms with Crippen molar-refractivity contribution >= 4 is 11.8 Å². The van der Waals surface area contributed by atoms with Crippen LogP contribution in [0.2, 0.25) is 0 Å². The first-order valence-corrected chi connectivity index (χ1v) is 9.07. The minimum atomic E-state index is -0.423. The van der Waals surface area contributed by atoms with Gasteiger partial charge in [-0.3, -0.25) is 14.3 Å². The molecule has 134 valence electrons. The van der Waals surface area contributed by atoms with Crippen molar-refractivity contribution in [3.63, 3.8) is 0 Å². The summed E-state index contributed by atoms with van der Waals surface area (Å²) in [5, 5.41) is 10.2. The minimum absolute atomic E-state index is 0.0861. The first kappa shape index (κ1) is 18.5. The van der Waals surface area contributed by atoms with Crippen molar-refractivity contribution < 1.29 is 9.59 Å². The lowest BCUT2D eigenvalue weighted by Crippen LogP contribution is -2.55. The molecule has 1 aromatic rings. The predicted molar refractivity (Wildman–Crippen MR) is 93.6 cm³/mol. The van der Waals surface area contributed by atoms with Crippen LogP contribution in [-0.2, 0) is 11.8 Å². The zero-order chi connectivity index (χ0) is 17.6. The van der Waals surface area contributed by atoms with Crippen molar-refractivity contribution in [2.75, 3.05) is 6.54 Å². The Hall–Kier alpha value is -1.85. The van der Waals surface area contributed by atoms with E-state index in [1.54, 1.807) is 24.0 Å². The van der Waals surface area contributed by atoms with Crippen molar-refractivity contribution in [2.45, 2.75) is 64.3 Å². The Morgan fingerprint density at radius 1 is 1.33 bits per heavy atom. The number of nitrogens with one attached hydrogen (secondary N) is 2. The first-order valence-electron chi connectivity index (χ1n) is 9.07. The van der Waals surface area contributed by atoms with E-state index < -0.39 is 5.54 Å². The standard InChI is InChI=1S/C18H30N4O2/c1-4-18(5-2,21-17(24)15-11-12-20-22(15)3)13-19-16(23)10-9-14-7-6-8-14/h11-12,14H,4-10,13H2,1-3H3,(H,19,23)(H,21,24). The lowest BCUT2D eigenvalue weighted by molar-refractivity contribution is -0.121. The molecule has 1 aliphatic carbocycles. The normalized spacial score (nSPS) is 15.0. The fourth-order valence-corrected chi connectivity index (χ4v) is 3.10. The average molecular weight is 334 g/mol. The summed E-state index contributed by atoms with van der Waals surface area (Å²) in [5.74, 6) is 0.674. The molecule has 6 heteroatoms. The van der Waals surface area contributed by atoms with Gasteiger partial charge in [-0.05, 0) is 31.2 Å². The van der Waals surface area contributed by atoms with Gasteiger partial charge in [0.1, 0.15) is 5.69 Å². The van der Waals surface area contributed by atoms with Gasteiger partial charge in [-0.2, -0.15) is 5.10 Å². The van der Waals surface area contributed by atoms with E-state index in [2.05, 4.69) is 15.7 Å². The Morgan fingerprint density at radius 2 is 2.04 bits per heavy atom. The van der Waals surface area contributed by atoms with Crippen molar-refractivity contribution in [3.05, 3.63) is 18.0 Å². The number of aromatic nitrogens is 2. The summed E-state index contributed by atoms with van der Waals surface area (Å²) in [5.41, 5.74) is 0.102. The monoisotopic (exact) mass is 334 g/mol. The maximum atomic E-state index is 12.5. The van der Waals surface area contributed by atoms with Gasteiger partial charge in [0.2, 0.25) is 5.91 Å². The maximum absolute atomic E-state index is 12.5. The zero-order valence-corrected chi connectivity index (χ0v) is 15.1. The Morgan fingerprint density at radius 3 is 2.54 bits per heavy atom. The SMILES string of the molecule is CCC(CC)(CNC(=O)CCC1CCC1)NC(=O)c1ccnn1C. The zero-order valence-electron chi connectivity index (χ0n) is 15.1. The number of hydrogen-bond donors (Lipinski definition) is 2. The van der Waals surface area contributed by atoms with E-state index in [1.165, 1.54) is 19.3 Å². The molecule has 0 unspecified atom stereocenters. The van der Waals surface area contributed by atoms with E-state index in [9.17, 15) is 9.59 Å². The van der Waals surface area contributed by atoms with Gasteiger partial charge in [-0.15, -0.1) is 0 Å². The van der Waals surface area contributed by atoms with Crippen molar-refractivity contribution in [3.8, 4) is 0 Å². The van der Waals surface area contributed by atoms with Crippen molar-refractivity contribution in [1.82, 2.24) is 20.4 Å². The number of rotatable bonds is 9. The summed E-state index contributed by atoms with van der Waals surface area (Å²) in [4.78, 5) is 24.6. The fourth-order valence-electron chi connectivity index (χ4n) is 3.10. The third-order valence-electron chi connectivity index (χ3n) is 5.41. The Labute approximate surface area is 144 Å². The molecule has 1 fully saturated rings. The van der Waals surface area contributed by atoms with Crippen LogP contribution in [0.3, 0.4) is 0 Å². The average Bonchev–Trinajstić information content (AvgIpc) is 2.96. The van der Waals surface area contributed by atoms with Crippen LogP contribution >= 0.6 is 0 Å². The topological polar surface area (TPSA) is 76.0 Å². The third kappa shape index (κ3) is 4.58. The fraction of sp³-hybridized carbons (Fsp3) is 0.722. The molecule has 0 aliphatic heterocycles. The van der Waals surface area contributed by atoms with Crippen LogP contribution in [0, 0.1) is 5.92 Å². The molecule has 24 heavy (non-hydrogen) atoms. The molecule has 1 saturated carbocycles. The number of aryl methyl sites for hydroxylation is 1. The molecule has 0 atom stereocenters. The quantitative estimate of drug-likeness (QED) is 0.728. The second-order valence-electron chi connectivity index (χ2n) is 6.89. The molecular formula is C18H30N4O2. The van der Waals surface area contributed by atoms with Crippen LogP contribution < -0.4 is 10.6 Å². The van der Waals surface area contributed by atoms with Crippen LogP contribution in [0.25, 0.3) is 0 Å². The lowest BCUT2D eigenvalue weighted by Gasteiger charge is -2.33. The molecule has 6 nitrogen and oxygen atoms in total. The highest BCUT2D eigenvalue weighted by Gasteiger charge is 2.30. The van der Waals surface area contributed by atoms with E-state index >= 15 is 0 Å².